The number of carbonyl (C=O) groups is 2. The Kier molecular flexibility index (Phi) is 8.66. The van der Waals surface area contributed by atoms with E-state index in [-0.39, 0.29) is 38.8 Å². The maximum Gasteiger partial charge on any atom is 0.335 e. The number of urea groups is 1. The van der Waals surface area contributed by atoms with E-state index in [9.17, 15) is 14.7 Å². The quantitative estimate of drug-likeness (QED) is 0.282. The van der Waals surface area contributed by atoms with Crippen LogP contribution in [0.2, 0.25) is 0 Å². The zero-order chi connectivity index (χ0) is 35.0. The zero-order valence-electron chi connectivity index (χ0n) is 31.4. The fourth-order valence-electron chi connectivity index (χ4n) is 13.6. The van der Waals surface area contributed by atoms with Crippen molar-refractivity contribution in [2.75, 3.05) is 32.8 Å². The van der Waals surface area contributed by atoms with Gasteiger partial charge in [0.25, 0.3) is 0 Å². The summed E-state index contributed by atoms with van der Waals surface area (Å²) in [4.78, 5) is 27.7. The average Bonchev–Trinajstić information content (AvgIpc) is 3.44. The lowest BCUT2D eigenvalue weighted by atomic mass is 9.33. The summed E-state index contributed by atoms with van der Waals surface area (Å²) in [5.41, 5.74) is 3.28. The number of rotatable bonds is 6. The Morgan fingerprint density at radius 3 is 2.29 bits per heavy atom. The molecule has 2 amide bonds. The number of hydrogen-bond acceptors (Lipinski definition) is 4. The Balaban J connectivity index is 1.10. The second-order valence-corrected chi connectivity index (χ2v) is 19.1. The molecule has 1 saturated heterocycles. The highest BCUT2D eigenvalue weighted by molar-refractivity contribution is 5.88. The van der Waals surface area contributed by atoms with Gasteiger partial charge in [-0.2, -0.15) is 0 Å². The van der Waals surface area contributed by atoms with Crippen molar-refractivity contribution in [2.45, 2.75) is 124 Å². The van der Waals surface area contributed by atoms with Crippen LogP contribution in [0.25, 0.3) is 5.57 Å². The molecule has 5 fully saturated rings. The van der Waals surface area contributed by atoms with Crippen molar-refractivity contribution in [3.05, 3.63) is 41.5 Å². The minimum atomic E-state index is -0.869. The van der Waals surface area contributed by atoms with Crippen LogP contribution in [-0.4, -0.2) is 65.9 Å². The van der Waals surface area contributed by atoms with Gasteiger partial charge in [-0.15, -0.1) is 0 Å². The fourth-order valence-corrected chi connectivity index (χ4v) is 13.6. The van der Waals surface area contributed by atoms with E-state index in [0.717, 1.165) is 52.1 Å². The van der Waals surface area contributed by atoms with Crippen molar-refractivity contribution in [1.29, 1.82) is 0 Å². The lowest BCUT2D eigenvalue weighted by Crippen LogP contribution is -2.68. The van der Waals surface area contributed by atoms with Gasteiger partial charge < -0.3 is 20.5 Å². The predicted molar refractivity (Wildman–Crippen MR) is 195 cm³/mol. The van der Waals surface area contributed by atoms with Crippen LogP contribution >= 0.6 is 0 Å². The molecule has 1 aromatic rings. The maximum absolute atomic E-state index is 13.8. The Morgan fingerprint density at radius 1 is 0.878 bits per heavy atom. The lowest BCUT2D eigenvalue weighted by molar-refractivity contribution is -0.216. The van der Waals surface area contributed by atoms with Crippen molar-refractivity contribution in [3.63, 3.8) is 0 Å². The van der Waals surface area contributed by atoms with E-state index in [2.05, 4.69) is 70.1 Å². The van der Waals surface area contributed by atoms with Gasteiger partial charge in [-0.1, -0.05) is 59.2 Å². The van der Waals surface area contributed by atoms with E-state index < -0.39 is 5.97 Å². The van der Waals surface area contributed by atoms with E-state index in [1.165, 1.54) is 56.1 Å². The third-order valence-corrected chi connectivity index (χ3v) is 15.9. The number of benzene rings is 1. The molecule has 0 bridgehead atoms. The number of amides is 2. The monoisotopic (exact) mass is 673 g/mol. The Bertz CT molecular complexity index is 1480. The first-order chi connectivity index (χ1) is 23.0. The second-order valence-electron chi connectivity index (χ2n) is 19.1. The van der Waals surface area contributed by atoms with Gasteiger partial charge in [0, 0.05) is 30.7 Å². The summed E-state index contributed by atoms with van der Waals surface area (Å²) in [6.07, 6.45) is 14.5. The summed E-state index contributed by atoms with van der Waals surface area (Å²) in [5, 5.41) is 16.5. The maximum atomic E-state index is 13.8. The number of morpholine rings is 1. The first-order valence-corrected chi connectivity index (χ1v) is 19.5. The van der Waals surface area contributed by atoms with Crippen LogP contribution < -0.4 is 10.6 Å². The molecular formula is C42H63N3O4. The molecule has 7 unspecified atom stereocenters. The number of nitrogens with one attached hydrogen (secondary N) is 2. The smallest absolute Gasteiger partial charge is 0.335 e. The van der Waals surface area contributed by atoms with Gasteiger partial charge in [0.2, 0.25) is 0 Å². The molecule has 0 aromatic heterocycles. The summed E-state index contributed by atoms with van der Waals surface area (Å²) < 4.78 is 5.55. The number of hydrogen-bond donors (Lipinski definition) is 3. The molecule has 7 rings (SSSR count). The van der Waals surface area contributed by atoms with Crippen LogP contribution in [0.5, 0.6) is 0 Å². The Morgan fingerprint density at radius 2 is 1.59 bits per heavy atom. The van der Waals surface area contributed by atoms with Crippen LogP contribution in [0.3, 0.4) is 0 Å². The third-order valence-electron chi connectivity index (χ3n) is 15.9. The van der Waals surface area contributed by atoms with E-state index in [1.54, 1.807) is 12.1 Å². The van der Waals surface area contributed by atoms with Gasteiger partial charge >= 0.3 is 12.0 Å². The number of carboxylic acids is 1. The number of ether oxygens (including phenoxy) is 1. The first-order valence-electron chi connectivity index (χ1n) is 19.5. The van der Waals surface area contributed by atoms with E-state index in [1.807, 2.05) is 12.1 Å². The van der Waals surface area contributed by atoms with Crippen molar-refractivity contribution in [1.82, 2.24) is 15.5 Å². The van der Waals surface area contributed by atoms with Crippen LogP contribution in [0.1, 0.15) is 129 Å². The molecule has 270 valence electrons. The third kappa shape index (κ3) is 5.59. The fraction of sp³-hybridized carbons (Fsp3) is 0.762. The van der Waals surface area contributed by atoms with Gasteiger partial charge in [0.15, 0.2) is 0 Å². The molecule has 3 N–H and O–H groups in total. The molecule has 0 spiro atoms. The van der Waals surface area contributed by atoms with Gasteiger partial charge in [-0.05, 0) is 140 Å². The average molecular weight is 674 g/mol. The second kappa shape index (κ2) is 12.1. The first kappa shape index (κ1) is 35.0. The summed E-state index contributed by atoms with van der Waals surface area (Å²) in [5.74, 6) is 1.56. The zero-order valence-corrected chi connectivity index (χ0v) is 31.4. The summed E-state index contributed by atoms with van der Waals surface area (Å²) in [6.45, 7) is 21.4. The minimum absolute atomic E-state index is 0.0107. The molecular weight excluding hydrogens is 610 g/mol. The van der Waals surface area contributed by atoms with Crippen LogP contribution in [0, 0.1) is 45.3 Å². The summed E-state index contributed by atoms with van der Waals surface area (Å²) in [7, 11) is 0. The summed E-state index contributed by atoms with van der Waals surface area (Å²) >= 11 is 0. The normalized spacial score (nSPS) is 40.2. The van der Waals surface area contributed by atoms with Gasteiger partial charge in [-0.25, -0.2) is 9.59 Å². The number of carbonyl (C=O) groups excluding carboxylic acids is 1. The van der Waals surface area contributed by atoms with Crippen molar-refractivity contribution in [2.24, 2.45) is 45.3 Å². The Labute approximate surface area is 295 Å². The van der Waals surface area contributed by atoms with E-state index in [4.69, 9.17) is 4.74 Å². The molecule has 8 atom stereocenters. The van der Waals surface area contributed by atoms with Gasteiger partial charge in [0.05, 0.1) is 18.8 Å². The van der Waals surface area contributed by atoms with Crippen molar-refractivity contribution >= 4 is 17.6 Å². The molecule has 6 aliphatic rings. The highest BCUT2D eigenvalue weighted by Crippen LogP contribution is 2.76. The van der Waals surface area contributed by atoms with Gasteiger partial charge in [0.1, 0.15) is 0 Å². The highest BCUT2D eigenvalue weighted by atomic mass is 16.5. The van der Waals surface area contributed by atoms with Crippen molar-refractivity contribution in [3.8, 4) is 0 Å². The standard InChI is InChI=1S/C42H63N3O4/c1-37(2,27-45-23-25-49-26-24-45)43-36(48)44-42-18-8-9-32(42)31-14-15-34-39(5)19-16-30(28-10-12-29(13-11-28)35(46)47)38(3,4)33(39)17-20-41(34,7)40(31,6)21-22-42/h10-13,16,31-34H,8-9,14-15,17-27H2,1-7H3,(H,46,47)(H2,43,44,48)/t31?,32?,33?,34?,39?,40-,41?,42?/m1/s1. The van der Waals surface area contributed by atoms with Crippen LogP contribution in [-0.2, 0) is 4.74 Å². The molecule has 0 radical (unpaired) electrons. The number of fused-ring (bicyclic) bond motifs is 7. The summed E-state index contributed by atoms with van der Waals surface area (Å²) in [6, 6.07) is 7.59. The minimum Gasteiger partial charge on any atom is -0.478 e. The number of allylic oxidation sites excluding steroid dienone is 2. The molecule has 1 aromatic carbocycles. The molecule has 5 aliphatic carbocycles. The topological polar surface area (TPSA) is 90.9 Å². The van der Waals surface area contributed by atoms with Crippen molar-refractivity contribution < 1.29 is 19.4 Å². The molecule has 7 nitrogen and oxygen atoms in total. The van der Waals surface area contributed by atoms with Gasteiger partial charge in [-0.3, -0.25) is 4.90 Å². The Hall–Kier alpha value is -2.38. The predicted octanol–water partition coefficient (Wildman–Crippen LogP) is 8.40. The molecule has 4 saturated carbocycles. The van der Waals surface area contributed by atoms with E-state index in [0.29, 0.717) is 29.2 Å². The lowest BCUT2D eigenvalue weighted by Gasteiger charge is -2.72. The highest BCUT2D eigenvalue weighted by Gasteiger charge is 2.69. The molecule has 1 aliphatic heterocycles. The number of carboxylic acid groups (broad SMARTS) is 1. The van der Waals surface area contributed by atoms with E-state index >= 15 is 0 Å². The largest absolute Gasteiger partial charge is 0.478 e. The molecule has 49 heavy (non-hydrogen) atoms. The SMILES string of the molecule is CC(C)(CN1CCOCC1)NC(=O)NC12CCCC1C1CCC3C4(C)CC=C(c5ccc(C(=O)O)cc5)C(C)(C)C4CCC3(C)[C@]1(C)CC2. The molecule has 1 heterocycles. The molecule has 7 heteroatoms. The van der Waals surface area contributed by atoms with Crippen LogP contribution in [0.15, 0.2) is 30.3 Å². The number of nitrogens with zero attached hydrogens (tertiary/aromatic N) is 1. The van der Waals surface area contributed by atoms with Crippen LogP contribution in [0.4, 0.5) is 4.79 Å². The number of aromatic carboxylic acids is 1.